The highest BCUT2D eigenvalue weighted by molar-refractivity contribution is 5.95. The van der Waals surface area contributed by atoms with Crippen LogP contribution in [0.25, 0.3) is 0 Å². The Morgan fingerprint density at radius 2 is 0.651 bits per heavy atom. The third-order valence-corrected chi connectivity index (χ3v) is 8.72. The number of Topliss-reactive ketones (excluding diaryl/α,β-unsaturated/α-hetero) is 2. The summed E-state index contributed by atoms with van der Waals surface area (Å²) in [7, 11) is 0. The standard InChI is InChI=1S/C23H46O.C18H28O/c1-3-5-7-9-11-13-15-17-19-21-23(24)22-20-18-16-14-12-10-8-6-4-2;1-2-3-4-5-6-7-8-9-13-16-18(19)17-14-11-10-12-15-17/h3-22H2,1-2H3;10-12,14-15H,2-9,13,16H2,1H3. The van der Waals surface area contributed by atoms with Gasteiger partial charge in [-0.25, -0.2) is 0 Å². The van der Waals surface area contributed by atoms with E-state index in [1.165, 1.54) is 154 Å². The van der Waals surface area contributed by atoms with E-state index in [0.29, 0.717) is 18.0 Å². The van der Waals surface area contributed by atoms with Gasteiger partial charge in [-0.15, -0.1) is 0 Å². The van der Waals surface area contributed by atoms with Crippen molar-refractivity contribution in [3.63, 3.8) is 0 Å². The fourth-order valence-electron chi connectivity index (χ4n) is 5.76. The maximum atomic E-state index is 11.9. The van der Waals surface area contributed by atoms with Crippen molar-refractivity contribution >= 4 is 11.6 Å². The van der Waals surface area contributed by atoms with Gasteiger partial charge in [-0.2, -0.15) is 0 Å². The quantitative estimate of drug-likeness (QED) is 0.0629. The second-order valence-electron chi connectivity index (χ2n) is 13.1. The molecule has 0 heterocycles. The SMILES string of the molecule is CCCCCCCCCCCC(=O)CCCCCCCCCCC.CCCCCCCCCCCC(=O)c1ccccc1. The first-order valence-corrected chi connectivity index (χ1v) is 19.3. The number of ketones is 2. The van der Waals surface area contributed by atoms with E-state index in [0.717, 1.165) is 37.7 Å². The Morgan fingerprint density at radius 1 is 0.372 bits per heavy atom. The normalized spacial score (nSPS) is 10.9. The first-order chi connectivity index (χ1) is 21.2. The zero-order chi connectivity index (χ0) is 31.5. The summed E-state index contributed by atoms with van der Waals surface area (Å²) in [5.74, 6) is 0.810. The number of rotatable bonds is 31. The summed E-state index contributed by atoms with van der Waals surface area (Å²) in [4.78, 5) is 23.7. The van der Waals surface area contributed by atoms with Crippen LogP contribution in [-0.2, 0) is 4.79 Å². The van der Waals surface area contributed by atoms with Gasteiger partial charge in [0.25, 0.3) is 0 Å². The van der Waals surface area contributed by atoms with Gasteiger partial charge in [0.2, 0.25) is 0 Å². The van der Waals surface area contributed by atoms with Crippen molar-refractivity contribution in [2.24, 2.45) is 0 Å². The van der Waals surface area contributed by atoms with E-state index < -0.39 is 0 Å². The van der Waals surface area contributed by atoms with Crippen LogP contribution in [0.15, 0.2) is 30.3 Å². The molecule has 43 heavy (non-hydrogen) atoms. The van der Waals surface area contributed by atoms with Crippen molar-refractivity contribution in [1.82, 2.24) is 0 Å². The zero-order valence-corrected chi connectivity index (χ0v) is 29.4. The Bertz CT molecular complexity index is 671. The molecular weight excluding hydrogens is 524 g/mol. The fourth-order valence-corrected chi connectivity index (χ4v) is 5.76. The summed E-state index contributed by atoms with van der Waals surface area (Å²) < 4.78 is 0. The minimum atomic E-state index is 0.295. The number of carbonyl (C=O) groups excluding carboxylic acids is 2. The molecule has 0 N–H and O–H groups in total. The average Bonchev–Trinajstić information content (AvgIpc) is 3.03. The van der Waals surface area contributed by atoms with Crippen molar-refractivity contribution in [3.05, 3.63) is 35.9 Å². The predicted molar refractivity (Wildman–Crippen MR) is 191 cm³/mol. The molecule has 0 bridgehead atoms. The van der Waals surface area contributed by atoms with Crippen LogP contribution in [0.2, 0.25) is 0 Å². The van der Waals surface area contributed by atoms with Gasteiger partial charge in [-0.3, -0.25) is 9.59 Å². The molecule has 0 radical (unpaired) electrons. The topological polar surface area (TPSA) is 34.1 Å². The summed E-state index contributed by atoms with van der Waals surface area (Å²) >= 11 is 0. The fraction of sp³-hybridized carbons (Fsp3) is 0.805. The van der Waals surface area contributed by atoms with Crippen molar-refractivity contribution in [1.29, 1.82) is 0 Å². The van der Waals surface area contributed by atoms with E-state index in [9.17, 15) is 9.59 Å². The summed E-state index contributed by atoms with van der Waals surface area (Å²) in [5.41, 5.74) is 0.863. The lowest BCUT2D eigenvalue weighted by Gasteiger charge is -2.03. The van der Waals surface area contributed by atoms with E-state index >= 15 is 0 Å². The summed E-state index contributed by atoms with van der Waals surface area (Å²) in [6.45, 7) is 6.79. The molecule has 0 unspecified atom stereocenters. The Kier molecular flexibility index (Phi) is 33.9. The van der Waals surface area contributed by atoms with Crippen LogP contribution in [0.3, 0.4) is 0 Å². The van der Waals surface area contributed by atoms with Gasteiger partial charge in [-0.1, -0.05) is 205 Å². The van der Waals surface area contributed by atoms with Crippen molar-refractivity contribution in [2.75, 3.05) is 0 Å². The van der Waals surface area contributed by atoms with Crippen LogP contribution in [-0.4, -0.2) is 11.6 Å². The molecule has 0 spiro atoms. The maximum Gasteiger partial charge on any atom is 0.162 e. The molecular formula is C41H74O2. The first kappa shape index (κ1) is 41.6. The Labute approximate surface area is 270 Å². The lowest BCUT2D eigenvalue weighted by atomic mass is 10.0. The van der Waals surface area contributed by atoms with Gasteiger partial charge in [-0.05, 0) is 19.3 Å². The highest BCUT2D eigenvalue weighted by atomic mass is 16.1. The molecule has 0 aliphatic rings. The molecule has 0 saturated carbocycles. The number of benzene rings is 1. The second kappa shape index (κ2) is 35.0. The van der Waals surface area contributed by atoms with E-state index in [2.05, 4.69) is 20.8 Å². The molecule has 2 heteroatoms. The van der Waals surface area contributed by atoms with Gasteiger partial charge in [0.15, 0.2) is 5.78 Å². The minimum absolute atomic E-state index is 0.295. The molecule has 0 aliphatic heterocycles. The minimum Gasteiger partial charge on any atom is -0.300 e. The molecule has 0 aliphatic carbocycles. The summed E-state index contributed by atoms with van der Waals surface area (Å²) in [6.07, 6.45) is 38.2. The second-order valence-corrected chi connectivity index (χ2v) is 13.1. The number of carbonyl (C=O) groups is 2. The average molecular weight is 599 g/mol. The van der Waals surface area contributed by atoms with E-state index in [4.69, 9.17) is 0 Å². The molecule has 250 valence electrons. The van der Waals surface area contributed by atoms with Gasteiger partial charge in [0, 0.05) is 24.8 Å². The predicted octanol–water partition coefficient (Wildman–Crippen LogP) is 14.2. The van der Waals surface area contributed by atoms with Crippen molar-refractivity contribution in [2.45, 2.75) is 213 Å². The lowest BCUT2D eigenvalue weighted by molar-refractivity contribution is -0.119. The molecule has 1 aromatic carbocycles. The molecule has 0 atom stereocenters. The number of unbranched alkanes of at least 4 members (excludes halogenated alkanes) is 24. The first-order valence-electron chi connectivity index (χ1n) is 19.3. The molecule has 0 saturated heterocycles. The molecule has 2 nitrogen and oxygen atoms in total. The lowest BCUT2D eigenvalue weighted by Crippen LogP contribution is -1.98. The number of hydrogen-bond donors (Lipinski definition) is 0. The van der Waals surface area contributed by atoms with Crippen LogP contribution in [0.5, 0.6) is 0 Å². The van der Waals surface area contributed by atoms with Gasteiger partial charge >= 0.3 is 0 Å². The van der Waals surface area contributed by atoms with E-state index in [-0.39, 0.29) is 0 Å². The third kappa shape index (κ3) is 31.8. The van der Waals surface area contributed by atoms with Crippen molar-refractivity contribution in [3.8, 4) is 0 Å². The van der Waals surface area contributed by atoms with Gasteiger partial charge in [0.05, 0.1) is 0 Å². The van der Waals surface area contributed by atoms with Crippen molar-refractivity contribution < 1.29 is 9.59 Å². The molecule has 1 aromatic rings. The van der Waals surface area contributed by atoms with Crippen LogP contribution >= 0.6 is 0 Å². The maximum absolute atomic E-state index is 11.9. The van der Waals surface area contributed by atoms with Crippen LogP contribution < -0.4 is 0 Å². The largest absolute Gasteiger partial charge is 0.300 e. The molecule has 0 fully saturated rings. The summed E-state index contributed by atoms with van der Waals surface area (Å²) in [5, 5.41) is 0. The third-order valence-electron chi connectivity index (χ3n) is 8.72. The highest BCUT2D eigenvalue weighted by Crippen LogP contribution is 2.14. The monoisotopic (exact) mass is 599 g/mol. The molecule has 1 rings (SSSR count). The zero-order valence-electron chi connectivity index (χ0n) is 29.4. The highest BCUT2D eigenvalue weighted by Gasteiger charge is 2.04. The summed E-state index contributed by atoms with van der Waals surface area (Å²) in [6, 6.07) is 9.65. The van der Waals surface area contributed by atoms with Gasteiger partial charge < -0.3 is 0 Å². The Balaban J connectivity index is 0.000000841. The Morgan fingerprint density at radius 3 is 0.977 bits per heavy atom. The molecule has 0 aromatic heterocycles. The van der Waals surface area contributed by atoms with E-state index in [1.807, 2.05) is 30.3 Å². The smallest absolute Gasteiger partial charge is 0.162 e. The van der Waals surface area contributed by atoms with Crippen LogP contribution in [0.1, 0.15) is 224 Å². The van der Waals surface area contributed by atoms with Crippen LogP contribution in [0, 0.1) is 0 Å². The van der Waals surface area contributed by atoms with Crippen LogP contribution in [0.4, 0.5) is 0 Å². The Hall–Kier alpha value is -1.44. The van der Waals surface area contributed by atoms with E-state index in [1.54, 1.807) is 0 Å². The number of hydrogen-bond acceptors (Lipinski definition) is 2. The molecule has 0 amide bonds. The van der Waals surface area contributed by atoms with Gasteiger partial charge in [0.1, 0.15) is 5.78 Å².